The first-order valence-electron chi connectivity index (χ1n) is 6.02. The molecule has 0 aliphatic heterocycles. The van der Waals surface area contributed by atoms with Crippen molar-refractivity contribution in [2.45, 2.75) is 46.3 Å². The quantitative estimate of drug-likeness (QED) is 0.889. The van der Waals surface area contributed by atoms with Gasteiger partial charge in [0.05, 0.1) is 0 Å². The molecule has 1 aromatic rings. The van der Waals surface area contributed by atoms with Gasteiger partial charge in [0.25, 0.3) is 0 Å². The van der Waals surface area contributed by atoms with Gasteiger partial charge < -0.3 is 11.1 Å². The molecule has 0 aromatic carbocycles. The van der Waals surface area contributed by atoms with E-state index in [9.17, 15) is 13.2 Å². The van der Waals surface area contributed by atoms with Crippen molar-refractivity contribution < 1.29 is 13.2 Å². The number of anilines is 2. The standard InChI is InChI=1S/C12H19F3N4/c1-5-8(11(2,3)4)18-9-7(12(13,14)15)6-17-10(16)19-9/h6,8H,5H2,1-4H3,(H3,16,17,18,19)/t8-/m0/s1. The molecule has 0 saturated carbocycles. The van der Waals surface area contributed by atoms with Crippen LogP contribution in [0.25, 0.3) is 0 Å². The van der Waals surface area contributed by atoms with Crippen molar-refractivity contribution in [1.29, 1.82) is 0 Å². The minimum absolute atomic E-state index is 0.150. The molecule has 4 nitrogen and oxygen atoms in total. The largest absolute Gasteiger partial charge is 0.421 e. The minimum atomic E-state index is -4.51. The molecule has 0 aliphatic carbocycles. The van der Waals surface area contributed by atoms with Gasteiger partial charge >= 0.3 is 6.18 Å². The zero-order valence-corrected chi connectivity index (χ0v) is 11.5. The van der Waals surface area contributed by atoms with Gasteiger partial charge in [0, 0.05) is 12.2 Å². The molecule has 1 heterocycles. The summed E-state index contributed by atoms with van der Waals surface area (Å²) >= 11 is 0. The first-order valence-corrected chi connectivity index (χ1v) is 6.02. The molecular weight excluding hydrogens is 257 g/mol. The summed E-state index contributed by atoms with van der Waals surface area (Å²) in [5.74, 6) is -0.443. The summed E-state index contributed by atoms with van der Waals surface area (Å²) < 4.78 is 38.6. The van der Waals surface area contributed by atoms with E-state index < -0.39 is 11.7 Å². The Morgan fingerprint density at radius 3 is 2.32 bits per heavy atom. The van der Waals surface area contributed by atoms with E-state index >= 15 is 0 Å². The summed E-state index contributed by atoms with van der Waals surface area (Å²) in [6.07, 6.45) is -3.13. The Hall–Kier alpha value is -1.53. The molecule has 3 N–H and O–H groups in total. The van der Waals surface area contributed by atoms with Crippen molar-refractivity contribution >= 4 is 11.8 Å². The Morgan fingerprint density at radius 1 is 1.32 bits per heavy atom. The van der Waals surface area contributed by atoms with Crippen molar-refractivity contribution in [3.8, 4) is 0 Å². The van der Waals surface area contributed by atoms with Crippen molar-refractivity contribution in [1.82, 2.24) is 9.97 Å². The predicted octanol–water partition coefficient (Wildman–Crippen LogP) is 3.31. The van der Waals surface area contributed by atoms with Crippen molar-refractivity contribution in [2.75, 3.05) is 11.1 Å². The van der Waals surface area contributed by atoms with E-state index in [-0.39, 0.29) is 23.2 Å². The van der Waals surface area contributed by atoms with Gasteiger partial charge in [0.1, 0.15) is 11.4 Å². The van der Waals surface area contributed by atoms with E-state index in [0.29, 0.717) is 12.6 Å². The molecule has 0 unspecified atom stereocenters. The zero-order valence-electron chi connectivity index (χ0n) is 11.5. The van der Waals surface area contributed by atoms with Crippen LogP contribution in [0.15, 0.2) is 6.20 Å². The smallest absolute Gasteiger partial charge is 0.368 e. The molecular formula is C12H19F3N4. The average Bonchev–Trinajstić information content (AvgIpc) is 2.22. The highest BCUT2D eigenvalue weighted by molar-refractivity contribution is 5.48. The number of aromatic nitrogens is 2. The first kappa shape index (κ1) is 15.5. The summed E-state index contributed by atoms with van der Waals surface area (Å²) in [4.78, 5) is 7.08. The topological polar surface area (TPSA) is 63.8 Å². The number of rotatable bonds is 3. The molecule has 0 radical (unpaired) electrons. The highest BCUT2D eigenvalue weighted by atomic mass is 19.4. The van der Waals surface area contributed by atoms with Crippen LogP contribution in [0.4, 0.5) is 24.9 Å². The Balaban J connectivity index is 3.15. The molecule has 0 saturated heterocycles. The average molecular weight is 276 g/mol. The Kier molecular flexibility index (Phi) is 4.27. The van der Waals surface area contributed by atoms with Gasteiger partial charge in [-0.1, -0.05) is 27.7 Å². The third-order valence-corrected chi connectivity index (χ3v) is 2.88. The number of hydrogen-bond acceptors (Lipinski definition) is 4. The second-order valence-electron chi connectivity index (χ2n) is 5.46. The van der Waals surface area contributed by atoms with Gasteiger partial charge in [-0.15, -0.1) is 0 Å². The molecule has 0 aliphatic rings. The summed E-state index contributed by atoms with van der Waals surface area (Å²) in [6.45, 7) is 7.75. The molecule has 0 amide bonds. The molecule has 1 atom stereocenters. The summed E-state index contributed by atoms with van der Waals surface area (Å²) in [5, 5.41) is 2.83. The van der Waals surface area contributed by atoms with Gasteiger partial charge in [-0.05, 0) is 11.8 Å². The molecule has 0 fully saturated rings. The molecule has 7 heteroatoms. The van der Waals surface area contributed by atoms with Crippen LogP contribution in [0.1, 0.15) is 39.7 Å². The summed E-state index contributed by atoms with van der Waals surface area (Å²) in [6, 6.07) is -0.150. The minimum Gasteiger partial charge on any atom is -0.368 e. The van der Waals surface area contributed by atoms with Crippen molar-refractivity contribution in [3.63, 3.8) is 0 Å². The number of nitrogens with zero attached hydrogens (tertiary/aromatic N) is 2. The van der Waals surface area contributed by atoms with E-state index in [1.807, 2.05) is 27.7 Å². The first-order chi connectivity index (χ1) is 8.55. The third-order valence-electron chi connectivity index (χ3n) is 2.88. The number of alkyl halides is 3. The fraction of sp³-hybridized carbons (Fsp3) is 0.667. The van der Waals surface area contributed by atoms with Crippen molar-refractivity contribution in [3.05, 3.63) is 11.8 Å². The molecule has 1 aromatic heterocycles. The number of nitrogen functional groups attached to an aromatic ring is 1. The van der Waals surface area contributed by atoms with Gasteiger partial charge in [-0.3, -0.25) is 0 Å². The van der Waals surface area contributed by atoms with Gasteiger partial charge in [-0.2, -0.15) is 18.2 Å². The number of nitrogens with one attached hydrogen (secondary N) is 1. The van der Waals surface area contributed by atoms with E-state index in [0.717, 1.165) is 0 Å². The van der Waals surface area contributed by atoms with E-state index in [4.69, 9.17) is 5.73 Å². The van der Waals surface area contributed by atoms with Crippen LogP contribution in [0.3, 0.4) is 0 Å². The van der Waals surface area contributed by atoms with Crippen LogP contribution in [-0.2, 0) is 6.18 Å². The fourth-order valence-electron chi connectivity index (χ4n) is 1.81. The number of nitrogens with two attached hydrogens (primary N) is 1. The second kappa shape index (κ2) is 5.22. The lowest BCUT2D eigenvalue weighted by Crippen LogP contribution is -2.34. The van der Waals surface area contributed by atoms with Gasteiger partial charge in [-0.25, -0.2) is 4.98 Å². The monoisotopic (exact) mass is 276 g/mol. The third kappa shape index (κ3) is 3.97. The van der Waals surface area contributed by atoms with Crippen LogP contribution < -0.4 is 11.1 Å². The summed E-state index contributed by atoms with van der Waals surface area (Å²) in [7, 11) is 0. The van der Waals surface area contributed by atoms with Crippen LogP contribution in [0, 0.1) is 5.41 Å². The van der Waals surface area contributed by atoms with Gasteiger partial charge in [0.2, 0.25) is 5.95 Å². The van der Waals surface area contributed by atoms with Crippen LogP contribution in [0.2, 0.25) is 0 Å². The maximum Gasteiger partial charge on any atom is 0.421 e. The van der Waals surface area contributed by atoms with E-state index in [1.165, 1.54) is 0 Å². The highest BCUT2D eigenvalue weighted by Gasteiger charge is 2.36. The highest BCUT2D eigenvalue weighted by Crippen LogP contribution is 2.35. The van der Waals surface area contributed by atoms with Gasteiger partial charge in [0.15, 0.2) is 0 Å². The maximum atomic E-state index is 12.9. The maximum absolute atomic E-state index is 12.9. The van der Waals surface area contributed by atoms with Crippen LogP contribution in [0.5, 0.6) is 0 Å². The SMILES string of the molecule is CC[C@H](Nc1nc(N)ncc1C(F)(F)F)C(C)(C)C. The molecule has 19 heavy (non-hydrogen) atoms. The zero-order chi connectivity index (χ0) is 14.8. The lowest BCUT2D eigenvalue weighted by molar-refractivity contribution is -0.137. The Bertz CT molecular complexity index is 438. The second-order valence-corrected chi connectivity index (χ2v) is 5.46. The lowest BCUT2D eigenvalue weighted by Gasteiger charge is -2.31. The normalized spacial score (nSPS) is 14.3. The Labute approximate surface area is 110 Å². The Morgan fingerprint density at radius 2 is 1.89 bits per heavy atom. The number of hydrogen-bond donors (Lipinski definition) is 2. The van der Waals surface area contributed by atoms with E-state index in [2.05, 4.69) is 15.3 Å². The van der Waals surface area contributed by atoms with Crippen molar-refractivity contribution in [2.24, 2.45) is 5.41 Å². The lowest BCUT2D eigenvalue weighted by atomic mass is 9.85. The van der Waals surface area contributed by atoms with E-state index in [1.54, 1.807) is 0 Å². The molecule has 0 spiro atoms. The molecule has 1 rings (SSSR count). The molecule has 108 valence electrons. The van der Waals surface area contributed by atoms with Crippen LogP contribution >= 0.6 is 0 Å². The molecule has 0 bridgehead atoms. The summed E-state index contributed by atoms with van der Waals surface area (Å²) in [5.41, 5.74) is 4.27. The number of halogens is 3. The van der Waals surface area contributed by atoms with Crippen LogP contribution in [-0.4, -0.2) is 16.0 Å². The fourth-order valence-corrected chi connectivity index (χ4v) is 1.81. The predicted molar refractivity (Wildman–Crippen MR) is 68.6 cm³/mol.